The highest BCUT2D eigenvalue weighted by Gasteiger charge is 2.20. The Morgan fingerprint density at radius 2 is 2.37 bits per heavy atom. The molecule has 1 atom stereocenters. The number of rotatable bonds is 4. The molecular formula is C14H21N3OS. The number of anilines is 1. The summed E-state index contributed by atoms with van der Waals surface area (Å²) in [5.41, 5.74) is 2.08. The summed E-state index contributed by atoms with van der Waals surface area (Å²) in [6.45, 7) is 1.78. The zero-order chi connectivity index (χ0) is 13.7. The van der Waals surface area contributed by atoms with Crippen LogP contribution in [0.4, 0.5) is 5.69 Å². The maximum Gasteiger partial charge on any atom is 0.242 e. The molecule has 2 N–H and O–H groups in total. The third-order valence-corrected chi connectivity index (χ3v) is 3.99. The highest BCUT2D eigenvalue weighted by atomic mass is 32.2. The summed E-state index contributed by atoms with van der Waals surface area (Å²) in [5.74, 6) is 2.00. The second-order valence-electron chi connectivity index (χ2n) is 5.01. The van der Waals surface area contributed by atoms with Gasteiger partial charge in [0.15, 0.2) is 0 Å². The normalized spacial score (nSPS) is 19.4. The van der Waals surface area contributed by atoms with Gasteiger partial charge in [-0.2, -0.15) is 11.8 Å². The second-order valence-corrected chi connectivity index (χ2v) is 6.16. The summed E-state index contributed by atoms with van der Waals surface area (Å²) in [6.07, 6.45) is 0. The number of amides is 1. The smallest absolute Gasteiger partial charge is 0.242 e. The number of nitrogens with one attached hydrogen (secondary N) is 2. The minimum Gasteiger partial charge on any atom is -0.325 e. The van der Waals surface area contributed by atoms with Crippen LogP contribution in [0.2, 0.25) is 0 Å². The first kappa shape index (κ1) is 14.4. The van der Waals surface area contributed by atoms with Crippen LogP contribution in [0.25, 0.3) is 0 Å². The largest absolute Gasteiger partial charge is 0.325 e. The van der Waals surface area contributed by atoms with Gasteiger partial charge in [0, 0.05) is 30.3 Å². The average molecular weight is 279 g/mol. The quantitative estimate of drug-likeness (QED) is 0.874. The van der Waals surface area contributed by atoms with E-state index in [0.29, 0.717) is 0 Å². The average Bonchev–Trinajstić information content (AvgIpc) is 2.39. The maximum absolute atomic E-state index is 12.1. The molecule has 19 heavy (non-hydrogen) atoms. The van der Waals surface area contributed by atoms with Gasteiger partial charge in [0.2, 0.25) is 5.91 Å². The van der Waals surface area contributed by atoms with E-state index in [1.54, 1.807) is 0 Å². The molecule has 0 aliphatic carbocycles. The third-order valence-electron chi connectivity index (χ3n) is 2.93. The van der Waals surface area contributed by atoms with Crippen LogP contribution in [0.1, 0.15) is 5.56 Å². The molecule has 1 aromatic rings. The van der Waals surface area contributed by atoms with E-state index in [1.165, 1.54) is 5.56 Å². The fourth-order valence-corrected chi connectivity index (χ4v) is 3.01. The number of carbonyl (C=O) groups is 1. The zero-order valence-electron chi connectivity index (χ0n) is 11.5. The van der Waals surface area contributed by atoms with Gasteiger partial charge in [-0.3, -0.25) is 4.79 Å². The van der Waals surface area contributed by atoms with Crippen molar-refractivity contribution in [1.29, 1.82) is 0 Å². The van der Waals surface area contributed by atoms with E-state index >= 15 is 0 Å². The van der Waals surface area contributed by atoms with E-state index in [2.05, 4.69) is 21.6 Å². The van der Waals surface area contributed by atoms with Gasteiger partial charge in [-0.1, -0.05) is 12.1 Å². The number of carbonyl (C=O) groups excluding carboxylic acids is 1. The first-order valence-electron chi connectivity index (χ1n) is 6.51. The molecule has 1 aliphatic rings. The maximum atomic E-state index is 12.1. The first-order valence-corrected chi connectivity index (χ1v) is 7.66. The Labute approximate surface area is 118 Å². The molecule has 0 bridgehead atoms. The highest BCUT2D eigenvalue weighted by Crippen LogP contribution is 2.14. The molecule has 5 heteroatoms. The number of thioether (sulfide) groups is 1. The van der Waals surface area contributed by atoms with Gasteiger partial charge in [0.25, 0.3) is 0 Å². The third kappa shape index (κ3) is 4.53. The van der Waals surface area contributed by atoms with E-state index in [0.717, 1.165) is 30.3 Å². The number of benzene rings is 1. The lowest BCUT2D eigenvalue weighted by atomic mass is 10.2. The second kappa shape index (κ2) is 6.93. The van der Waals surface area contributed by atoms with Gasteiger partial charge in [0.1, 0.15) is 0 Å². The molecule has 0 spiro atoms. The van der Waals surface area contributed by atoms with Crippen molar-refractivity contribution in [2.24, 2.45) is 0 Å². The Balaban J connectivity index is 1.96. The Kier molecular flexibility index (Phi) is 5.24. The van der Waals surface area contributed by atoms with Crippen molar-refractivity contribution in [3.63, 3.8) is 0 Å². The Morgan fingerprint density at radius 3 is 3.05 bits per heavy atom. The van der Waals surface area contributed by atoms with Crippen LogP contribution in [0.15, 0.2) is 24.3 Å². The molecule has 1 aliphatic heterocycles. The molecule has 1 fully saturated rings. The van der Waals surface area contributed by atoms with Crippen LogP contribution in [0.3, 0.4) is 0 Å². The van der Waals surface area contributed by atoms with Crippen LogP contribution >= 0.6 is 11.8 Å². The van der Waals surface area contributed by atoms with Crippen molar-refractivity contribution in [3.8, 4) is 0 Å². The predicted molar refractivity (Wildman–Crippen MR) is 81.6 cm³/mol. The van der Waals surface area contributed by atoms with E-state index in [4.69, 9.17) is 0 Å². The minimum atomic E-state index is -0.0729. The molecular weight excluding hydrogens is 258 g/mol. The fourth-order valence-electron chi connectivity index (χ4n) is 2.08. The van der Waals surface area contributed by atoms with Crippen molar-refractivity contribution in [2.45, 2.75) is 12.6 Å². The van der Waals surface area contributed by atoms with E-state index < -0.39 is 0 Å². The standard InChI is InChI=1S/C14H21N3OS/c1-17(2)9-11-4-3-5-12(8-11)16-14(18)13-10-19-7-6-15-13/h3-5,8,13,15H,6-7,9-10H2,1-2H3,(H,16,18). The van der Waals surface area contributed by atoms with Crippen LogP contribution in [0, 0.1) is 0 Å². The van der Waals surface area contributed by atoms with E-state index in [-0.39, 0.29) is 11.9 Å². The lowest BCUT2D eigenvalue weighted by Gasteiger charge is -2.22. The van der Waals surface area contributed by atoms with Crippen molar-refractivity contribution in [1.82, 2.24) is 10.2 Å². The summed E-state index contributed by atoms with van der Waals surface area (Å²) < 4.78 is 0. The van der Waals surface area contributed by atoms with Crippen LogP contribution in [-0.2, 0) is 11.3 Å². The van der Waals surface area contributed by atoms with Crippen LogP contribution in [-0.4, -0.2) is 49.0 Å². The van der Waals surface area contributed by atoms with Crippen molar-refractivity contribution >= 4 is 23.4 Å². The molecule has 1 unspecified atom stereocenters. The SMILES string of the molecule is CN(C)Cc1cccc(NC(=O)C2CSCCN2)c1. The van der Waals surface area contributed by atoms with Crippen LogP contribution < -0.4 is 10.6 Å². The van der Waals surface area contributed by atoms with Gasteiger partial charge in [-0.25, -0.2) is 0 Å². The Morgan fingerprint density at radius 1 is 1.53 bits per heavy atom. The molecule has 104 valence electrons. The molecule has 1 amide bonds. The zero-order valence-corrected chi connectivity index (χ0v) is 12.3. The summed E-state index contributed by atoms with van der Waals surface area (Å²) in [7, 11) is 4.07. The van der Waals surface area contributed by atoms with Gasteiger partial charge in [0.05, 0.1) is 6.04 Å². The molecule has 0 saturated carbocycles. The van der Waals surface area contributed by atoms with Crippen molar-refractivity contribution in [3.05, 3.63) is 29.8 Å². The predicted octanol–water partition coefficient (Wildman–Crippen LogP) is 1.39. The Hall–Kier alpha value is -1.04. The van der Waals surface area contributed by atoms with E-state index in [9.17, 15) is 4.79 Å². The summed E-state index contributed by atoms with van der Waals surface area (Å²) >= 11 is 1.82. The fraction of sp³-hybridized carbons (Fsp3) is 0.500. The van der Waals surface area contributed by atoms with Crippen LogP contribution in [0.5, 0.6) is 0 Å². The molecule has 1 aromatic carbocycles. The monoisotopic (exact) mass is 279 g/mol. The van der Waals surface area contributed by atoms with Crippen molar-refractivity contribution in [2.75, 3.05) is 37.5 Å². The van der Waals surface area contributed by atoms with E-state index in [1.807, 2.05) is 44.1 Å². The lowest BCUT2D eigenvalue weighted by molar-refractivity contribution is -0.117. The molecule has 1 heterocycles. The van der Waals surface area contributed by atoms with Gasteiger partial charge in [-0.15, -0.1) is 0 Å². The first-order chi connectivity index (χ1) is 9.15. The number of hydrogen-bond acceptors (Lipinski definition) is 4. The molecule has 0 aromatic heterocycles. The number of hydrogen-bond donors (Lipinski definition) is 2. The highest BCUT2D eigenvalue weighted by molar-refractivity contribution is 7.99. The lowest BCUT2D eigenvalue weighted by Crippen LogP contribution is -2.46. The molecule has 4 nitrogen and oxygen atoms in total. The summed E-state index contributed by atoms with van der Waals surface area (Å²) in [6, 6.07) is 7.96. The van der Waals surface area contributed by atoms with Gasteiger partial charge < -0.3 is 15.5 Å². The Bertz CT molecular complexity index is 430. The topological polar surface area (TPSA) is 44.4 Å². The summed E-state index contributed by atoms with van der Waals surface area (Å²) in [5, 5.41) is 6.24. The molecule has 1 saturated heterocycles. The minimum absolute atomic E-state index is 0.0641. The summed E-state index contributed by atoms with van der Waals surface area (Å²) in [4.78, 5) is 14.2. The molecule has 2 rings (SSSR count). The molecule has 0 radical (unpaired) electrons. The van der Waals surface area contributed by atoms with Gasteiger partial charge in [-0.05, 0) is 31.8 Å². The number of nitrogens with zero attached hydrogens (tertiary/aromatic N) is 1. The van der Waals surface area contributed by atoms with Gasteiger partial charge >= 0.3 is 0 Å². The van der Waals surface area contributed by atoms with Crippen molar-refractivity contribution < 1.29 is 4.79 Å².